The first-order chi connectivity index (χ1) is 6.20. The SMILES string of the molecule is CONC1=CC=C(N)C(=N)/C1=N\O. The predicted molar refractivity (Wildman–Crippen MR) is 47.4 cm³/mol. The summed E-state index contributed by atoms with van der Waals surface area (Å²) in [7, 11) is 1.42. The molecular formula is C7H10N4O2. The van der Waals surface area contributed by atoms with E-state index >= 15 is 0 Å². The summed E-state index contributed by atoms with van der Waals surface area (Å²) in [5.74, 6) is 0. The molecule has 1 aliphatic rings. The molecule has 0 saturated heterocycles. The summed E-state index contributed by atoms with van der Waals surface area (Å²) in [6.07, 6.45) is 3.09. The number of nitrogens with one attached hydrogen (secondary N) is 2. The van der Waals surface area contributed by atoms with E-state index in [4.69, 9.17) is 16.4 Å². The van der Waals surface area contributed by atoms with Gasteiger partial charge in [-0.05, 0) is 12.2 Å². The minimum absolute atomic E-state index is 0.0375. The van der Waals surface area contributed by atoms with E-state index in [9.17, 15) is 0 Å². The predicted octanol–water partition coefficient (Wildman–Crippen LogP) is -0.273. The fraction of sp³-hybridized carbons (Fsp3) is 0.143. The Bertz CT molecular complexity index is 316. The number of nitrogens with two attached hydrogens (primary N) is 1. The molecular weight excluding hydrogens is 172 g/mol. The normalized spacial score (nSPS) is 19.8. The van der Waals surface area contributed by atoms with E-state index in [0.29, 0.717) is 5.70 Å². The third-order valence-electron chi connectivity index (χ3n) is 1.52. The Kier molecular flexibility index (Phi) is 2.65. The van der Waals surface area contributed by atoms with Crippen LogP contribution in [0.5, 0.6) is 0 Å². The van der Waals surface area contributed by atoms with E-state index in [1.165, 1.54) is 13.2 Å². The number of hydrogen-bond acceptors (Lipinski definition) is 6. The number of nitrogens with zero attached hydrogens (tertiary/aromatic N) is 1. The summed E-state index contributed by atoms with van der Waals surface area (Å²) in [6, 6.07) is 0. The van der Waals surface area contributed by atoms with Gasteiger partial charge in [-0.15, -0.1) is 0 Å². The fourth-order valence-electron chi connectivity index (χ4n) is 0.903. The van der Waals surface area contributed by atoms with Gasteiger partial charge in [-0.1, -0.05) is 5.16 Å². The van der Waals surface area contributed by atoms with Crippen LogP contribution in [0.1, 0.15) is 0 Å². The first kappa shape index (κ1) is 9.27. The molecule has 0 saturated carbocycles. The number of oxime groups is 1. The zero-order chi connectivity index (χ0) is 9.84. The standard InChI is InChI=1S/C7H10N4O2/c1-13-11-5-3-2-4(8)6(9)7(5)10-12/h2-3,9,11-12H,8H2,1H3/b9-6?,10-7-. The highest BCUT2D eigenvalue weighted by Gasteiger charge is 2.19. The van der Waals surface area contributed by atoms with E-state index in [2.05, 4.69) is 15.5 Å². The fourth-order valence-corrected chi connectivity index (χ4v) is 0.903. The molecule has 0 aromatic rings. The van der Waals surface area contributed by atoms with E-state index < -0.39 is 0 Å². The first-order valence-corrected chi connectivity index (χ1v) is 3.49. The Morgan fingerprint density at radius 1 is 1.62 bits per heavy atom. The van der Waals surface area contributed by atoms with Crippen molar-refractivity contribution >= 4 is 11.4 Å². The molecule has 1 rings (SSSR count). The van der Waals surface area contributed by atoms with Crippen molar-refractivity contribution in [2.24, 2.45) is 10.9 Å². The van der Waals surface area contributed by atoms with Crippen molar-refractivity contribution in [3.63, 3.8) is 0 Å². The summed E-state index contributed by atoms with van der Waals surface area (Å²) in [5, 5.41) is 19.0. The largest absolute Gasteiger partial charge is 0.410 e. The van der Waals surface area contributed by atoms with Crippen LogP contribution in [-0.2, 0) is 4.84 Å². The summed E-state index contributed by atoms with van der Waals surface area (Å²) in [5.41, 5.74) is 8.56. The van der Waals surface area contributed by atoms with Gasteiger partial charge >= 0.3 is 0 Å². The second-order valence-corrected chi connectivity index (χ2v) is 2.33. The zero-order valence-electron chi connectivity index (χ0n) is 7.03. The van der Waals surface area contributed by atoms with Gasteiger partial charge < -0.3 is 10.9 Å². The lowest BCUT2D eigenvalue weighted by molar-refractivity contribution is 0.122. The van der Waals surface area contributed by atoms with Gasteiger partial charge in [-0.3, -0.25) is 15.7 Å². The molecule has 0 atom stereocenters. The third kappa shape index (κ3) is 1.67. The maximum absolute atomic E-state index is 8.60. The molecule has 6 heteroatoms. The lowest BCUT2D eigenvalue weighted by Gasteiger charge is -2.14. The Morgan fingerprint density at radius 3 is 2.85 bits per heavy atom. The van der Waals surface area contributed by atoms with Crippen molar-refractivity contribution in [3.05, 3.63) is 23.5 Å². The van der Waals surface area contributed by atoms with Crippen molar-refractivity contribution < 1.29 is 10.0 Å². The van der Waals surface area contributed by atoms with Crippen LogP contribution in [0.4, 0.5) is 0 Å². The quantitative estimate of drug-likeness (QED) is 0.268. The second-order valence-electron chi connectivity index (χ2n) is 2.33. The molecule has 0 fully saturated rings. The number of hydroxylamine groups is 1. The maximum atomic E-state index is 8.60. The molecule has 0 aromatic heterocycles. The minimum atomic E-state index is -0.0375. The molecule has 1 aliphatic carbocycles. The smallest absolute Gasteiger partial charge is 0.155 e. The summed E-state index contributed by atoms with van der Waals surface area (Å²) < 4.78 is 0. The molecule has 0 bridgehead atoms. The lowest BCUT2D eigenvalue weighted by atomic mass is 10.0. The van der Waals surface area contributed by atoms with E-state index in [1.807, 2.05) is 0 Å². The van der Waals surface area contributed by atoms with Crippen molar-refractivity contribution in [1.29, 1.82) is 5.41 Å². The average molecular weight is 182 g/mol. The molecule has 0 aromatic carbocycles. The number of allylic oxidation sites excluding steroid dienone is 4. The lowest BCUT2D eigenvalue weighted by Crippen LogP contribution is -2.31. The Labute approximate surface area is 74.8 Å². The van der Waals surface area contributed by atoms with Gasteiger partial charge in [0.1, 0.15) is 5.71 Å². The zero-order valence-corrected chi connectivity index (χ0v) is 7.03. The first-order valence-electron chi connectivity index (χ1n) is 3.49. The molecule has 70 valence electrons. The maximum Gasteiger partial charge on any atom is 0.155 e. The molecule has 6 nitrogen and oxygen atoms in total. The summed E-state index contributed by atoms with van der Waals surface area (Å²) in [6.45, 7) is 0. The van der Waals surface area contributed by atoms with Crippen molar-refractivity contribution in [2.75, 3.05) is 7.11 Å². The Hall–Kier alpha value is -1.82. The highest BCUT2D eigenvalue weighted by molar-refractivity contribution is 6.52. The van der Waals surface area contributed by atoms with Crippen LogP contribution in [0.25, 0.3) is 0 Å². The monoisotopic (exact) mass is 182 g/mol. The molecule has 0 heterocycles. The molecule has 0 radical (unpaired) electrons. The van der Waals surface area contributed by atoms with Gasteiger partial charge in [0.2, 0.25) is 0 Å². The molecule has 5 N–H and O–H groups in total. The van der Waals surface area contributed by atoms with Gasteiger partial charge in [-0.25, -0.2) is 0 Å². The Balaban J connectivity index is 3.01. The van der Waals surface area contributed by atoms with Crippen LogP contribution in [0.2, 0.25) is 0 Å². The van der Waals surface area contributed by atoms with Gasteiger partial charge in [0, 0.05) is 0 Å². The van der Waals surface area contributed by atoms with Gasteiger partial charge in [0.15, 0.2) is 5.71 Å². The topological polar surface area (TPSA) is 104 Å². The number of hydrogen-bond donors (Lipinski definition) is 4. The van der Waals surface area contributed by atoms with Gasteiger partial charge in [0.05, 0.1) is 18.5 Å². The molecule has 0 amide bonds. The van der Waals surface area contributed by atoms with Crippen molar-refractivity contribution in [2.45, 2.75) is 0 Å². The van der Waals surface area contributed by atoms with Crippen LogP contribution < -0.4 is 11.2 Å². The van der Waals surface area contributed by atoms with E-state index in [0.717, 1.165) is 0 Å². The average Bonchev–Trinajstić information content (AvgIpc) is 2.12. The van der Waals surface area contributed by atoms with Gasteiger partial charge in [0.25, 0.3) is 0 Å². The van der Waals surface area contributed by atoms with Crippen LogP contribution in [0.15, 0.2) is 28.7 Å². The molecule has 0 aliphatic heterocycles. The van der Waals surface area contributed by atoms with Crippen molar-refractivity contribution in [1.82, 2.24) is 5.48 Å². The van der Waals surface area contributed by atoms with E-state index in [1.54, 1.807) is 6.08 Å². The van der Waals surface area contributed by atoms with Crippen LogP contribution in [-0.4, -0.2) is 23.7 Å². The summed E-state index contributed by atoms with van der Waals surface area (Å²) in [4.78, 5) is 4.62. The molecule has 13 heavy (non-hydrogen) atoms. The second kappa shape index (κ2) is 3.72. The van der Waals surface area contributed by atoms with Crippen LogP contribution in [0, 0.1) is 5.41 Å². The number of rotatable bonds is 2. The summed E-state index contributed by atoms with van der Waals surface area (Å²) >= 11 is 0. The van der Waals surface area contributed by atoms with Crippen LogP contribution in [0.3, 0.4) is 0 Å². The molecule has 0 spiro atoms. The van der Waals surface area contributed by atoms with Crippen LogP contribution >= 0.6 is 0 Å². The highest BCUT2D eigenvalue weighted by atomic mass is 16.6. The third-order valence-corrected chi connectivity index (χ3v) is 1.52. The van der Waals surface area contributed by atoms with E-state index in [-0.39, 0.29) is 17.1 Å². The van der Waals surface area contributed by atoms with Crippen molar-refractivity contribution in [3.8, 4) is 0 Å². The Morgan fingerprint density at radius 2 is 2.31 bits per heavy atom. The highest BCUT2D eigenvalue weighted by Crippen LogP contribution is 2.07. The molecule has 0 unspecified atom stereocenters. The minimum Gasteiger partial charge on any atom is -0.410 e. The van der Waals surface area contributed by atoms with Gasteiger partial charge in [-0.2, -0.15) is 0 Å².